The highest BCUT2D eigenvalue weighted by molar-refractivity contribution is 8.01. The van der Waals surface area contributed by atoms with E-state index in [4.69, 9.17) is 0 Å². The van der Waals surface area contributed by atoms with Crippen molar-refractivity contribution < 1.29 is 14.3 Å². The van der Waals surface area contributed by atoms with Gasteiger partial charge in [0.15, 0.2) is 0 Å². The molecule has 1 heterocycles. The van der Waals surface area contributed by atoms with Crippen LogP contribution in [0.3, 0.4) is 0 Å². The van der Waals surface area contributed by atoms with Gasteiger partial charge >= 0.3 is 5.97 Å². The summed E-state index contributed by atoms with van der Waals surface area (Å²) >= 11 is 2.52. The third-order valence-corrected chi connectivity index (χ3v) is 5.01. The third kappa shape index (κ3) is 5.04. The second-order valence-corrected chi connectivity index (χ2v) is 7.10. The first-order valence-electron chi connectivity index (χ1n) is 6.89. The van der Waals surface area contributed by atoms with E-state index in [1.807, 2.05) is 31.2 Å². The lowest BCUT2D eigenvalue weighted by molar-refractivity contribution is -0.137. The molecule has 1 aromatic carbocycles. The van der Waals surface area contributed by atoms with Crippen LogP contribution in [0, 0.1) is 6.92 Å². The minimum absolute atomic E-state index is 0.135. The number of aromatic nitrogens is 2. The van der Waals surface area contributed by atoms with Crippen molar-refractivity contribution in [2.24, 2.45) is 0 Å². The predicted molar refractivity (Wildman–Crippen MR) is 92.6 cm³/mol. The van der Waals surface area contributed by atoms with Crippen molar-refractivity contribution >= 4 is 40.1 Å². The first-order chi connectivity index (χ1) is 11.0. The fourth-order valence-corrected chi connectivity index (χ4v) is 3.09. The number of nitrogens with one attached hydrogen (secondary N) is 1. The average molecular weight is 351 g/mol. The number of esters is 1. The van der Waals surface area contributed by atoms with Crippen LogP contribution < -0.4 is 5.32 Å². The molecule has 1 aromatic heterocycles. The molecule has 23 heavy (non-hydrogen) atoms. The lowest BCUT2D eigenvalue weighted by Gasteiger charge is -2.08. The van der Waals surface area contributed by atoms with Crippen LogP contribution in [0.15, 0.2) is 24.3 Å². The Hall–Kier alpha value is -1.93. The van der Waals surface area contributed by atoms with E-state index in [2.05, 4.69) is 20.3 Å². The summed E-state index contributed by atoms with van der Waals surface area (Å²) in [5.74, 6) is -0.437. The number of rotatable bonds is 6. The summed E-state index contributed by atoms with van der Waals surface area (Å²) in [5.41, 5.74) is 2.13. The van der Waals surface area contributed by atoms with E-state index >= 15 is 0 Å². The summed E-state index contributed by atoms with van der Waals surface area (Å²) in [7, 11) is 1.32. The Bertz CT molecular complexity index is 686. The molecule has 0 bridgehead atoms. The number of carbonyl (C=O) groups excluding carboxylic acids is 2. The number of amides is 1. The van der Waals surface area contributed by atoms with Crippen molar-refractivity contribution in [2.45, 2.75) is 19.1 Å². The normalized spacial score (nSPS) is 11.8. The molecule has 2 aromatic rings. The van der Waals surface area contributed by atoms with Crippen LogP contribution in [0.5, 0.6) is 0 Å². The number of anilines is 1. The maximum Gasteiger partial charge on any atom is 0.315 e. The maximum absolute atomic E-state index is 12.1. The molecule has 0 spiro atoms. The van der Waals surface area contributed by atoms with Crippen molar-refractivity contribution in [3.63, 3.8) is 0 Å². The Labute approximate surface area is 142 Å². The second-order valence-electron chi connectivity index (χ2n) is 4.80. The summed E-state index contributed by atoms with van der Waals surface area (Å²) in [6.45, 7) is 3.74. The monoisotopic (exact) mass is 351 g/mol. The van der Waals surface area contributed by atoms with Crippen molar-refractivity contribution in [3.8, 4) is 10.6 Å². The lowest BCUT2D eigenvalue weighted by atomic mass is 10.2. The minimum Gasteiger partial charge on any atom is -0.468 e. The van der Waals surface area contributed by atoms with Gasteiger partial charge in [-0.05, 0) is 13.8 Å². The van der Waals surface area contributed by atoms with Crippen LogP contribution >= 0.6 is 23.1 Å². The molecule has 1 atom stereocenters. The number of hydrogen-bond acceptors (Lipinski definition) is 7. The predicted octanol–water partition coefficient (Wildman–Crippen LogP) is 2.75. The van der Waals surface area contributed by atoms with Gasteiger partial charge < -0.3 is 4.74 Å². The highest BCUT2D eigenvalue weighted by atomic mass is 32.2. The SMILES string of the molecule is COC(=O)CSC(C)C(=O)Nc1nnc(-c2ccc(C)cc2)s1. The fraction of sp³-hybridized carbons (Fsp3) is 0.333. The number of hydrogen-bond donors (Lipinski definition) is 1. The quantitative estimate of drug-likeness (QED) is 0.806. The lowest BCUT2D eigenvalue weighted by Crippen LogP contribution is -2.23. The molecule has 8 heteroatoms. The molecule has 2 rings (SSSR count). The number of thioether (sulfide) groups is 1. The van der Waals surface area contributed by atoms with E-state index in [-0.39, 0.29) is 22.9 Å². The standard InChI is InChI=1S/C15H17N3O3S2/c1-9-4-6-11(7-5-9)14-17-18-15(23-14)16-13(20)10(2)22-8-12(19)21-3/h4-7,10H,8H2,1-3H3,(H,16,18,20). The zero-order valence-electron chi connectivity index (χ0n) is 13.0. The van der Waals surface area contributed by atoms with Gasteiger partial charge in [0.2, 0.25) is 11.0 Å². The molecule has 0 fully saturated rings. The van der Waals surface area contributed by atoms with Gasteiger partial charge in [0, 0.05) is 5.56 Å². The number of aryl methyl sites for hydroxylation is 1. The molecule has 1 N–H and O–H groups in total. The Kier molecular flexibility index (Phi) is 6.12. The molecule has 1 unspecified atom stereocenters. The first-order valence-corrected chi connectivity index (χ1v) is 8.76. The zero-order valence-corrected chi connectivity index (χ0v) is 14.7. The van der Waals surface area contributed by atoms with E-state index in [0.29, 0.717) is 5.13 Å². The van der Waals surface area contributed by atoms with Gasteiger partial charge in [-0.25, -0.2) is 0 Å². The Morgan fingerprint density at radius 1 is 1.30 bits per heavy atom. The van der Waals surface area contributed by atoms with Crippen LogP contribution in [0.1, 0.15) is 12.5 Å². The van der Waals surface area contributed by atoms with Crippen LogP contribution in [0.4, 0.5) is 5.13 Å². The van der Waals surface area contributed by atoms with Crippen LogP contribution in [0.2, 0.25) is 0 Å². The van der Waals surface area contributed by atoms with E-state index in [0.717, 1.165) is 10.6 Å². The van der Waals surface area contributed by atoms with Crippen LogP contribution in [-0.2, 0) is 14.3 Å². The molecular weight excluding hydrogens is 334 g/mol. The van der Waals surface area contributed by atoms with Gasteiger partial charge in [0.25, 0.3) is 0 Å². The minimum atomic E-state index is -0.388. The van der Waals surface area contributed by atoms with E-state index in [1.165, 1.54) is 35.8 Å². The second kappa shape index (κ2) is 8.07. The summed E-state index contributed by atoms with van der Waals surface area (Å²) in [4.78, 5) is 23.1. The van der Waals surface area contributed by atoms with Gasteiger partial charge in [0.1, 0.15) is 5.01 Å². The highest BCUT2D eigenvalue weighted by Gasteiger charge is 2.17. The molecule has 0 radical (unpaired) electrons. The molecule has 1 amide bonds. The molecule has 122 valence electrons. The van der Waals surface area contributed by atoms with E-state index in [1.54, 1.807) is 6.92 Å². The van der Waals surface area contributed by atoms with Gasteiger partial charge in [0.05, 0.1) is 18.1 Å². The van der Waals surface area contributed by atoms with Crippen molar-refractivity contribution in [2.75, 3.05) is 18.2 Å². The number of nitrogens with zero attached hydrogens (tertiary/aromatic N) is 2. The Morgan fingerprint density at radius 3 is 2.65 bits per heavy atom. The average Bonchev–Trinajstić information content (AvgIpc) is 3.01. The first kappa shape index (κ1) is 17.4. The van der Waals surface area contributed by atoms with Crippen molar-refractivity contribution in [1.82, 2.24) is 10.2 Å². The Morgan fingerprint density at radius 2 is 2.00 bits per heavy atom. The highest BCUT2D eigenvalue weighted by Crippen LogP contribution is 2.27. The summed E-state index contributed by atoms with van der Waals surface area (Å²) in [6.07, 6.45) is 0. The van der Waals surface area contributed by atoms with Gasteiger partial charge in [-0.15, -0.1) is 22.0 Å². The van der Waals surface area contributed by atoms with Crippen LogP contribution in [0.25, 0.3) is 10.6 Å². The number of carbonyl (C=O) groups is 2. The van der Waals surface area contributed by atoms with E-state index in [9.17, 15) is 9.59 Å². The molecule has 6 nitrogen and oxygen atoms in total. The summed E-state index contributed by atoms with van der Waals surface area (Å²) in [5, 5.41) is 11.6. The fourth-order valence-electron chi connectivity index (χ4n) is 1.62. The van der Waals surface area contributed by atoms with Crippen molar-refractivity contribution in [1.29, 1.82) is 0 Å². The largest absolute Gasteiger partial charge is 0.468 e. The molecular formula is C15H17N3O3S2. The molecule has 0 aliphatic carbocycles. The zero-order chi connectivity index (χ0) is 16.8. The van der Waals surface area contributed by atoms with Gasteiger partial charge in [-0.1, -0.05) is 41.2 Å². The number of ether oxygens (including phenoxy) is 1. The molecule has 0 aliphatic rings. The number of benzene rings is 1. The van der Waals surface area contributed by atoms with Crippen LogP contribution in [-0.4, -0.2) is 40.2 Å². The Balaban J connectivity index is 1.94. The third-order valence-electron chi connectivity index (χ3n) is 3.00. The maximum atomic E-state index is 12.1. The molecule has 0 aliphatic heterocycles. The summed E-state index contributed by atoms with van der Waals surface area (Å²) in [6, 6.07) is 7.94. The van der Waals surface area contributed by atoms with Gasteiger partial charge in [-0.3, -0.25) is 14.9 Å². The molecule has 0 saturated carbocycles. The topological polar surface area (TPSA) is 81.2 Å². The summed E-state index contributed by atoms with van der Waals surface area (Å²) < 4.78 is 4.55. The van der Waals surface area contributed by atoms with E-state index < -0.39 is 0 Å². The van der Waals surface area contributed by atoms with Gasteiger partial charge in [-0.2, -0.15) is 0 Å². The molecule has 0 saturated heterocycles. The smallest absolute Gasteiger partial charge is 0.315 e. The number of methoxy groups -OCH3 is 1. The van der Waals surface area contributed by atoms with Crippen molar-refractivity contribution in [3.05, 3.63) is 29.8 Å².